The van der Waals surface area contributed by atoms with E-state index in [4.69, 9.17) is 21.7 Å². The number of rotatable bonds is 5. The summed E-state index contributed by atoms with van der Waals surface area (Å²) in [7, 11) is 0. The van der Waals surface area contributed by atoms with Crippen LogP contribution in [-0.2, 0) is 6.42 Å². The van der Waals surface area contributed by atoms with Gasteiger partial charge in [-0.05, 0) is 35.8 Å². The topological polar surface area (TPSA) is 56.8 Å². The van der Waals surface area contributed by atoms with Crippen molar-refractivity contribution < 1.29 is 4.74 Å². The first-order valence-corrected chi connectivity index (χ1v) is 5.57. The van der Waals surface area contributed by atoms with Crippen LogP contribution in [0.5, 0.6) is 5.75 Å². The maximum atomic E-state index is 8.73. The summed E-state index contributed by atoms with van der Waals surface area (Å²) in [5.74, 6) is 3.09. The number of hydrogen-bond acceptors (Lipinski definition) is 3. The molecule has 0 unspecified atom stereocenters. The van der Waals surface area contributed by atoms with Crippen LogP contribution < -0.4 is 4.74 Å². The van der Waals surface area contributed by atoms with E-state index in [1.54, 1.807) is 18.2 Å². The Hall–Kier alpha value is -2.96. The molecule has 0 saturated carbocycles. The minimum absolute atomic E-state index is 0.0573. The van der Waals surface area contributed by atoms with Gasteiger partial charge >= 0.3 is 0 Å². The number of ether oxygens (including phenoxy) is 1. The zero-order valence-corrected chi connectivity index (χ0v) is 10.4. The lowest BCUT2D eigenvalue weighted by Gasteiger charge is -2.09. The normalized spacial score (nSPS) is 8.47. The summed E-state index contributed by atoms with van der Waals surface area (Å²) in [6, 6.07) is 9.04. The van der Waals surface area contributed by atoms with Crippen molar-refractivity contribution in [2.24, 2.45) is 0 Å². The molecule has 3 heteroatoms. The molecule has 0 aromatic heterocycles. The van der Waals surface area contributed by atoms with E-state index in [-0.39, 0.29) is 12.2 Å². The quantitative estimate of drug-likeness (QED) is 0.457. The zero-order chi connectivity index (χ0) is 14.1. The van der Waals surface area contributed by atoms with E-state index in [1.807, 2.05) is 18.2 Å². The van der Waals surface area contributed by atoms with E-state index in [2.05, 4.69) is 12.5 Å². The van der Waals surface area contributed by atoms with Crippen molar-refractivity contribution in [2.45, 2.75) is 6.42 Å². The summed E-state index contributed by atoms with van der Waals surface area (Å²) < 4.78 is 5.42. The van der Waals surface area contributed by atoms with Crippen LogP contribution >= 0.6 is 0 Å². The van der Waals surface area contributed by atoms with Crippen LogP contribution in [0.25, 0.3) is 6.08 Å². The maximum Gasteiger partial charge on any atom is 0.148 e. The Bertz CT molecular complexity index is 606. The third kappa shape index (κ3) is 4.08. The molecule has 0 amide bonds. The number of nitriles is 2. The van der Waals surface area contributed by atoms with Crippen molar-refractivity contribution in [1.82, 2.24) is 0 Å². The van der Waals surface area contributed by atoms with Gasteiger partial charge in [0.25, 0.3) is 0 Å². The highest BCUT2D eigenvalue weighted by Crippen LogP contribution is 2.22. The second-order valence-electron chi connectivity index (χ2n) is 3.63. The summed E-state index contributed by atoms with van der Waals surface area (Å²) in [6.07, 6.45) is 9.05. The van der Waals surface area contributed by atoms with Crippen LogP contribution in [0.3, 0.4) is 0 Å². The van der Waals surface area contributed by atoms with Crippen LogP contribution in [0.2, 0.25) is 0 Å². The van der Waals surface area contributed by atoms with Crippen LogP contribution in [0.1, 0.15) is 11.1 Å². The molecule has 19 heavy (non-hydrogen) atoms. The fourth-order valence-corrected chi connectivity index (χ4v) is 1.52. The molecule has 0 radical (unpaired) electrons. The largest absolute Gasteiger partial charge is 0.481 e. The molecule has 0 fully saturated rings. The van der Waals surface area contributed by atoms with Crippen LogP contribution in [0, 0.1) is 35.0 Å². The summed E-state index contributed by atoms with van der Waals surface area (Å²) in [5, 5.41) is 17.5. The molecular weight excluding hydrogens is 236 g/mol. The third-order valence-corrected chi connectivity index (χ3v) is 2.31. The zero-order valence-electron chi connectivity index (χ0n) is 10.4. The first-order valence-electron chi connectivity index (χ1n) is 5.57. The lowest BCUT2D eigenvalue weighted by Crippen LogP contribution is -1.98. The van der Waals surface area contributed by atoms with Crippen molar-refractivity contribution in [3.05, 3.63) is 47.6 Å². The Morgan fingerprint density at radius 1 is 1.37 bits per heavy atom. The number of hydrogen-bond donors (Lipinski definition) is 0. The van der Waals surface area contributed by atoms with Gasteiger partial charge in [-0.1, -0.05) is 18.1 Å². The van der Waals surface area contributed by atoms with Crippen molar-refractivity contribution in [1.29, 1.82) is 10.5 Å². The Morgan fingerprint density at radius 3 is 2.68 bits per heavy atom. The summed E-state index contributed by atoms with van der Waals surface area (Å²) in [4.78, 5) is 0. The van der Waals surface area contributed by atoms with Crippen molar-refractivity contribution in [3.8, 4) is 30.2 Å². The molecule has 0 N–H and O–H groups in total. The molecule has 1 aromatic rings. The number of nitrogens with zero attached hydrogens (tertiary/aromatic N) is 2. The fraction of sp³-hybridized carbons (Fsp3) is 0.125. The minimum atomic E-state index is 0.0573. The second-order valence-corrected chi connectivity index (χ2v) is 3.63. The first-order chi connectivity index (χ1) is 9.24. The lowest BCUT2D eigenvalue weighted by atomic mass is 10.0. The summed E-state index contributed by atoms with van der Waals surface area (Å²) in [5.41, 5.74) is 1.74. The molecule has 0 aliphatic heterocycles. The monoisotopic (exact) mass is 248 g/mol. The Balaban J connectivity index is 3.13. The lowest BCUT2D eigenvalue weighted by molar-refractivity contribution is 0.367. The molecule has 0 aliphatic rings. The van der Waals surface area contributed by atoms with Gasteiger partial charge in [0.1, 0.15) is 30.1 Å². The van der Waals surface area contributed by atoms with Crippen LogP contribution in [0.15, 0.2) is 36.4 Å². The average Bonchev–Trinajstić information content (AvgIpc) is 2.44. The fourth-order valence-electron chi connectivity index (χ4n) is 1.52. The van der Waals surface area contributed by atoms with Gasteiger partial charge in [0.2, 0.25) is 0 Å². The van der Waals surface area contributed by atoms with Gasteiger partial charge in [-0.3, -0.25) is 0 Å². The molecule has 1 rings (SSSR count). The van der Waals surface area contributed by atoms with Gasteiger partial charge in [-0.25, -0.2) is 0 Å². The Labute approximate surface area is 113 Å². The molecule has 0 heterocycles. The highest BCUT2D eigenvalue weighted by Gasteiger charge is 2.04. The summed E-state index contributed by atoms with van der Waals surface area (Å²) in [6.45, 7) is 3.88. The van der Waals surface area contributed by atoms with E-state index >= 15 is 0 Å². The number of benzene rings is 1. The minimum Gasteiger partial charge on any atom is -0.481 e. The van der Waals surface area contributed by atoms with Gasteiger partial charge in [-0.2, -0.15) is 10.5 Å². The highest BCUT2D eigenvalue weighted by atomic mass is 16.5. The molecule has 0 atom stereocenters. The second kappa shape index (κ2) is 7.38. The van der Waals surface area contributed by atoms with Gasteiger partial charge in [0.05, 0.1) is 0 Å². The summed E-state index contributed by atoms with van der Waals surface area (Å²) >= 11 is 0. The predicted octanol–water partition coefficient (Wildman–Crippen LogP) is 2.86. The standard InChI is InChI=1S/C16H12N2O/c1-3-5-15-10-13(9-14(11-17)12-18)6-7-16(15)19-8-4-2/h2-3,6-7,9-10H,1,5,8H2. The van der Waals surface area contributed by atoms with Gasteiger partial charge < -0.3 is 4.74 Å². The van der Waals surface area contributed by atoms with E-state index in [0.29, 0.717) is 12.2 Å². The van der Waals surface area contributed by atoms with E-state index in [1.165, 1.54) is 6.08 Å². The van der Waals surface area contributed by atoms with Crippen molar-refractivity contribution in [2.75, 3.05) is 6.61 Å². The van der Waals surface area contributed by atoms with Gasteiger partial charge in [0, 0.05) is 0 Å². The van der Waals surface area contributed by atoms with Gasteiger partial charge in [-0.15, -0.1) is 13.0 Å². The van der Waals surface area contributed by atoms with Gasteiger partial charge in [0.15, 0.2) is 0 Å². The Morgan fingerprint density at radius 2 is 2.11 bits per heavy atom. The molecular formula is C16H12N2O. The predicted molar refractivity (Wildman–Crippen MR) is 73.9 cm³/mol. The number of terminal acetylenes is 1. The van der Waals surface area contributed by atoms with Crippen molar-refractivity contribution in [3.63, 3.8) is 0 Å². The maximum absolute atomic E-state index is 8.73. The van der Waals surface area contributed by atoms with E-state index in [0.717, 1.165) is 11.1 Å². The molecule has 3 nitrogen and oxygen atoms in total. The molecule has 0 bridgehead atoms. The number of allylic oxidation sites excluding steroid dienone is 2. The highest BCUT2D eigenvalue weighted by molar-refractivity contribution is 5.63. The third-order valence-electron chi connectivity index (χ3n) is 2.31. The molecule has 0 spiro atoms. The first kappa shape index (κ1) is 14.1. The molecule has 1 aromatic carbocycles. The van der Waals surface area contributed by atoms with E-state index in [9.17, 15) is 0 Å². The Kier molecular flexibility index (Phi) is 5.48. The molecule has 92 valence electrons. The SMILES string of the molecule is C#CCOc1ccc(C=C(C#N)C#N)cc1CC=C. The van der Waals surface area contributed by atoms with E-state index < -0.39 is 0 Å². The van der Waals surface area contributed by atoms with Crippen LogP contribution in [-0.4, -0.2) is 6.61 Å². The average molecular weight is 248 g/mol. The molecule has 0 saturated heterocycles. The smallest absolute Gasteiger partial charge is 0.148 e. The van der Waals surface area contributed by atoms with Crippen LogP contribution in [0.4, 0.5) is 0 Å². The molecule has 0 aliphatic carbocycles. The van der Waals surface area contributed by atoms with Crippen molar-refractivity contribution >= 4 is 6.08 Å².